The van der Waals surface area contributed by atoms with Gasteiger partial charge in [-0.25, -0.2) is 4.79 Å². The number of hydrogen-bond acceptors (Lipinski definition) is 3. The zero-order valence-corrected chi connectivity index (χ0v) is 12.4. The summed E-state index contributed by atoms with van der Waals surface area (Å²) in [5, 5.41) is 18.7. The molecule has 114 valence electrons. The third-order valence-electron chi connectivity index (χ3n) is 3.24. The summed E-state index contributed by atoms with van der Waals surface area (Å²) >= 11 is 0. The van der Waals surface area contributed by atoms with Crippen LogP contribution in [-0.4, -0.2) is 28.1 Å². The molecule has 2 aromatic rings. The number of carboxylic acid groups (broad SMARTS) is 1. The van der Waals surface area contributed by atoms with Crippen LogP contribution in [0.3, 0.4) is 0 Å². The van der Waals surface area contributed by atoms with Crippen LogP contribution in [-0.2, 0) is 0 Å². The summed E-state index contributed by atoms with van der Waals surface area (Å²) in [7, 11) is 0. The van der Waals surface area contributed by atoms with Crippen molar-refractivity contribution in [3.05, 3.63) is 59.7 Å². The van der Waals surface area contributed by atoms with Crippen LogP contribution in [0.25, 0.3) is 0 Å². The molecule has 0 radical (unpaired) electrons. The van der Waals surface area contributed by atoms with Gasteiger partial charge in [0.25, 0.3) is 5.91 Å². The molecule has 0 fully saturated rings. The Morgan fingerprint density at radius 2 is 1.68 bits per heavy atom. The lowest BCUT2D eigenvalue weighted by Crippen LogP contribution is -2.37. The summed E-state index contributed by atoms with van der Waals surface area (Å²) in [5.74, 6) is -1.95. The van der Waals surface area contributed by atoms with E-state index in [2.05, 4.69) is 0 Å². The molecule has 0 bridgehead atoms. The molecule has 0 aliphatic rings. The lowest BCUT2D eigenvalue weighted by Gasteiger charge is -2.27. The normalized spacial score (nSPS) is 10.5. The third kappa shape index (κ3) is 3.09. The number of anilines is 1. The van der Waals surface area contributed by atoms with Gasteiger partial charge in [-0.1, -0.05) is 18.2 Å². The molecule has 1 amide bonds. The number of aromatic hydroxyl groups is 1. The molecule has 2 rings (SSSR count). The van der Waals surface area contributed by atoms with Crippen molar-refractivity contribution in [2.45, 2.75) is 19.9 Å². The van der Waals surface area contributed by atoms with Crippen LogP contribution in [0.4, 0.5) is 5.69 Å². The Bertz CT molecular complexity index is 695. The average molecular weight is 299 g/mol. The predicted molar refractivity (Wildman–Crippen MR) is 83.5 cm³/mol. The Hall–Kier alpha value is -2.82. The van der Waals surface area contributed by atoms with E-state index >= 15 is 0 Å². The Kier molecular flexibility index (Phi) is 4.46. The Morgan fingerprint density at radius 3 is 2.18 bits per heavy atom. The van der Waals surface area contributed by atoms with Crippen molar-refractivity contribution in [2.75, 3.05) is 4.90 Å². The topological polar surface area (TPSA) is 77.8 Å². The van der Waals surface area contributed by atoms with Gasteiger partial charge in [0, 0.05) is 17.3 Å². The van der Waals surface area contributed by atoms with Gasteiger partial charge in [-0.2, -0.15) is 0 Å². The van der Waals surface area contributed by atoms with Crippen LogP contribution in [0.2, 0.25) is 0 Å². The second-order valence-electron chi connectivity index (χ2n) is 5.14. The second kappa shape index (κ2) is 6.30. The summed E-state index contributed by atoms with van der Waals surface area (Å²) < 4.78 is 0. The third-order valence-corrected chi connectivity index (χ3v) is 3.24. The second-order valence-corrected chi connectivity index (χ2v) is 5.14. The highest BCUT2D eigenvalue weighted by molar-refractivity contribution is 6.07. The van der Waals surface area contributed by atoms with Gasteiger partial charge in [0.05, 0.1) is 0 Å². The van der Waals surface area contributed by atoms with E-state index in [1.165, 1.54) is 18.2 Å². The van der Waals surface area contributed by atoms with E-state index < -0.39 is 11.7 Å². The zero-order valence-electron chi connectivity index (χ0n) is 12.4. The van der Waals surface area contributed by atoms with Gasteiger partial charge in [-0.3, -0.25) is 4.79 Å². The minimum Gasteiger partial charge on any atom is -0.507 e. The van der Waals surface area contributed by atoms with Gasteiger partial charge in [-0.05, 0) is 44.2 Å². The first-order chi connectivity index (χ1) is 10.4. The fraction of sp³-hybridized carbons (Fsp3) is 0.176. The molecular formula is C17H17NO4. The van der Waals surface area contributed by atoms with E-state index in [4.69, 9.17) is 5.11 Å². The number of carbonyl (C=O) groups excluding carboxylic acids is 1. The summed E-state index contributed by atoms with van der Waals surface area (Å²) in [6.45, 7) is 3.77. The number of amides is 1. The molecule has 2 aromatic carbocycles. The summed E-state index contributed by atoms with van der Waals surface area (Å²) in [6.07, 6.45) is 0. The lowest BCUT2D eigenvalue weighted by molar-refractivity contribution is 0.0693. The van der Waals surface area contributed by atoms with Gasteiger partial charge >= 0.3 is 5.97 Å². The quantitative estimate of drug-likeness (QED) is 0.909. The van der Waals surface area contributed by atoms with Gasteiger partial charge in [0.15, 0.2) is 0 Å². The number of hydrogen-bond donors (Lipinski definition) is 2. The number of nitrogens with zero attached hydrogens (tertiary/aromatic N) is 1. The number of rotatable bonds is 4. The van der Waals surface area contributed by atoms with Crippen molar-refractivity contribution < 1.29 is 19.8 Å². The van der Waals surface area contributed by atoms with Crippen molar-refractivity contribution >= 4 is 17.6 Å². The molecule has 0 saturated heterocycles. The summed E-state index contributed by atoms with van der Waals surface area (Å²) in [6, 6.07) is 12.9. The van der Waals surface area contributed by atoms with Crippen LogP contribution in [0.5, 0.6) is 5.75 Å². The highest BCUT2D eigenvalue weighted by atomic mass is 16.4. The molecule has 5 nitrogen and oxygen atoms in total. The first kappa shape index (κ1) is 15.6. The molecule has 0 aromatic heterocycles. The Labute approximate surface area is 128 Å². The molecule has 0 saturated carbocycles. The summed E-state index contributed by atoms with van der Waals surface area (Å²) in [5.41, 5.74) is 0.747. The number of benzene rings is 2. The molecule has 0 aliphatic carbocycles. The Balaban J connectivity index is 2.40. The minimum atomic E-state index is -1.24. The van der Waals surface area contributed by atoms with Crippen molar-refractivity contribution in [1.29, 1.82) is 0 Å². The zero-order chi connectivity index (χ0) is 16.3. The van der Waals surface area contributed by atoms with Crippen molar-refractivity contribution in [2.24, 2.45) is 0 Å². The fourth-order valence-electron chi connectivity index (χ4n) is 2.22. The molecule has 22 heavy (non-hydrogen) atoms. The van der Waals surface area contributed by atoms with Crippen molar-refractivity contribution in [3.63, 3.8) is 0 Å². The van der Waals surface area contributed by atoms with Gasteiger partial charge in [0.1, 0.15) is 11.3 Å². The number of phenols is 1. The number of carbonyl (C=O) groups is 2. The SMILES string of the molecule is CC(C)N(C(=O)c1ccc(C(=O)O)c(O)c1)c1ccccc1. The van der Waals surface area contributed by atoms with E-state index in [0.29, 0.717) is 0 Å². The van der Waals surface area contributed by atoms with Crippen LogP contribution < -0.4 is 4.90 Å². The number of para-hydroxylation sites is 1. The van der Waals surface area contributed by atoms with Crippen molar-refractivity contribution in [1.82, 2.24) is 0 Å². The molecule has 0 spiro atoms. The molecule has 0 unspecified atom stereocenters. The monoisotopic (exact) mass is 299 g/mol. The first-order valence-corrected chi connectivity index (χ1v) is 6.86. The van der Waals surface area contributed by atoms with Gasteiger partial charge in [-0.15, -0.1) is 0 Å². The van der Waals surface area contributed by atoms with Crippen LogP contribution >= 0.6 is 0 Å². The maximum absolute atomic E-state index is 12.7. The van der Waals surface area contributed by atoms with Crippen LogP contribution in [0.15, 0.2) is 48.5 Å². The van der Waals surface area contributed by atoms with E-state index in [1.807, 2.05) is 44.2 Å². The van der Waals surface area contributed by atoms with Crippen molar-refractivity contribution in [3.8, 4) is 5.75 Å². The largest absolute Gasteiger partial charge is 0.507 e. The standard InChI is InChI=1S/C17H17NO4/c1-11(2)18(13-6-4-3-5-7-13)16(20)12-8-9-14(17(21)22)15(19)10-12/h3-11,19H,1-2H3,(H,21,22). The Morgan fingerprint density at radius 1 is 1.05 bits per heavy atom. The molecule has 0 heterocycles. The molecule has 0 aliphatic heterocycles. The van der Waals surface area contributed by atoms with E-state index in [-0.39, 0.29) is 23.1 Å². The fourth-order valence-corrected chi connectivity index (χ4v) is 2.22. The molecule has 2 N–H and O–H groups in total. The number of carboxylic acids is 1. The maximum atomic E-state index is 12.7. The van der Waals surface area contributed by atoms with E-state index in [1.54, 1.807) is 4.90 Å². The molecule has 5 heteroatoms. The predicted octanol–water partition coefficient (Wildman–Crippen LogP) is 3.15. The molecular weight excluding hydrogens is 282 g/mol. The summed E-state index contributed by atoms with van der Waals surface area (Å²) in [4.78, 5) is 25.2. The highest BCUT2D eigenvalue weighted by Crippen LogP contribution is 2.23. The molecule has 0 atom stereocenters. The smallest absolute Gasteiger partial charge is 0.339 e. The van der Waals surface area contributed by atoms with E-state index in [0.717, 1.165) is 5.69 Å². The highest BCUT2D eigenvalue weighted by Gasteiger charge is 2.22. The maximum Gasteiger partial charge on any atom is 0.339 e. The van der Waals surface area contributed by atoms with Crippen LogP contribution in [0.1, 0.15) is 34.6 Å². The van der Waals surface area contributed by atoms with E-state index in [9.17, 15) is 14.7 Å². The first-order valence-electron chi connectivity index (χ1n) is 6.86. The average Bonchev–Trinajstić information content (AvgIpc) is 2.47. The lowest BCUT2D eigenvalue weighted by atomic mass is 10.1. The van der Waals surface area contributed by atoms with Crippen LogP contribution in [0, 0.1) is 0 Å². The minimum absolute atomic E-state index is 0.0869. The number of aromatic carboxylic acids is 1. The van der Waals surface area contributed by atoms with Gasteiger partial charge < -0.3 is 15.1 Å². The van der Waals surface area contributed by atoms with Gasteiger partial charge in [0.2, 0.25) is 0 Å².